The normalized spacial score (nSPS) is 11.3. The van der Waals surface area contributed by atoms with Gasteiger partial charge in [0.2, 0.25) is 0 Å². The second-order valence-corrected chi connectivity index (χ2v) is 3.12. The maximum absolute atomic E-state index is 11.9. The topological polar surface area (TPSA) is 44.5 Å². The molecule has 0 unspecified atom stereocenters. The monoisotopic (exact) mass is 235 g/mol. The summed E-state index contributed by atoms with van der Waals surface area (Å²) in [5, 5.41) is 0. The predicted octanol–water partition coefficient (Wildman–Crippen LogP) is 2.09. The van der Waals surface area contributed by atoms with E-state index in [9.17, 15) is 13.2 Å². The zero-order valence-electron chi connectivity index (χ0n) is 8.67. The summed E-state index contributed by atoms with van der Waals surface area (Å²) in [6.45, 7) is -1.12. The smallest absolute Gasteiger partial charge is 0.422 e. The van der Waals surface area contributed by atoms with Crippen molar-refractivity contribution in [2.45, 2.75) is 12.7 Å². The van der Waals surface area contributed by atoms with Crippen LogP contribution in [0.15, 0.2) is 18.2 Å². The fourth-order valence-corrected chi connectivity index (χ4v) is 1.11. The molecule has 3 nitrogen and oxygen atoms in total. The van der Waals surface area contributed by atoms with E-state index in [0.717, 1.165) is 0 Å². The molecule has 1 aromatic rings. The standard InChI is InChI=1S/C10H12F3NO2/c1-15-8-2-7(5-14)3-9(4-8)16-6-10(11,12)13/h2-4H,5-6,14H2,1H3. The summed E-state index contributed by atoms with van der Waals surface area (Å²) in [4.78, 5) is 0. The molecular weight excluding hydrogens is 223 g/mol. The Kier molecular flexibility index (Phi) is 4.00. The Balaban J connectivity index is 2.79. The lowest BCUT2D eigenvalue weighted by atomic mass is 10.2. The summed E-state index contributed by atoms with van der Waals surface area (Å²) in [5.74, 6) is 0.511. The minimum atomic E-state index is -4.36. The van der Waals surface area contributed by atoms with Gasteiger partial charge in [0, 0.05) is 12.6 Å². The first kappa shape index (κ1) is 12.6. The molecule has 0 aromatic heterocycles. The molecule has 0 saturated heterocycles. The number of rotatable bonds is 4. The van der Waals surface area contributed by atoms with Crippen LogP contribution in [0.1, 0.15) is 5.56 Å². The summed E-state index contributed by atoms with van der Waals surface area (Å²) >= 11 is 0. The van der Waals surface area contributed by atoms with Gasteiger partial charge in [0.1, 0.15) is 11.5 Å². The molecule has 1 rings (SSSR count). The van der Waals surface area contributed by atoms with Crippen LogP contribution in [0.25, 0.3) is 0 Å². The van der Waals surface area contributed by atoms with E-state index < -0.39 is 12.8 Å². The highest BCUT2D eigenvalue weighted by atomic mass is 19.4. The fourth-order valence-electron chi connectivity index (χ4n) is 1.11. The summed E-state index contributed by atoms with van der Waals surface area (Å²) in [6, 6.07) is 4.47. The molecule has 0 fully saturated rings. The van der Waals surface area contributed by atoms with Crippen molar-refractivity contribution in [3.8, 4) is 11.5 Å². The van der Waals surface area contributed by atoms with Gasteiger partial charge in [-0.3, -0.25) is 0 Å². The van der Waals surface area contributed by atoms with Crippen molar-refractivity contribution < 1.29 is 22.6 Å². The van der Waals surface area contributed by atoms with Gasteiger partial charge in [0.15, 0.2) is 6.61 Å². The van der Waals surface area contributed by atoms with Gasteiger partial charge in [-0.25, -0.2) is 0 Å². The molecule has 0 atom stereocenters. The highest BCUT2D eigenvalue weighted by Crippen LogP contribution is 2.24. The molecule has 2 N–H and O–H groups in total. The molecule has 90 valence electrons. The van der Waals surface area contributed by atoms with Gasteiger partial charge in [-0.15, -0.1) is 0 Å². The van der Waals surface area contributed by atoms with Crippen LogP contribution in [0.5, 0.6) is 11.5 Å². The third kappa shape index (κ3) is 3.98. The second kappa shape index (κ2) is 5.07. The lowest BCUT2D eigenvalue weighted by Gasteiger charge is -2.11. The molecule has 0 aliphatic rings. The fraction of sp³-hybridized carbons (Fsp3) is 0.400. The van der Waals surface area contributed by atoms with Gasteiger partial charge < -0.3 is 15.2 Å². The Morgan fingerprint density at radius 3 is 2.31 bits per heavy atom. The third-order valence-corrected chi connectivity index (χ3v) is 1.81. The Morgan fingerprint density at radius 2 is 1.81 bits per heavy atom. The predicted molar refractivity (Wildman–Crippen MR) is 52.4 cm³/mol. The SMILES string of the molecule is COc1cc(CN)cc(OCC(F)(F)F)c1. The molecule has 16 heavy (non-hydrogen) atoms. The Morgan fingerprint density at radius 1 is 1.19 bits per heavy atom. The van der Waals surface area contributed by atoms with Crippen LogP contribution in [-0.4, -0.2) is 19.9 Å². The molecule has 6 heteroatoms. The highest BCUT2D eigenvalue weighted by Gasteiger charge is 2.28. The first-order chi connectivity index (χ1) is 7.44. The van der Waals surface area contributed by atoms with Gasteiger partial charge in [-0.1, -0.05) is 0 Å². The quantitative estimate of drug-likeness (QED) is 0.869. The summed E-state index contributed by atoms with van der Waals surface area (Å²) in [6.07, 6.45) is -4.36. The maximum Gasteiger partial charge on any atom is 0.422 e. The molecule has 1 aromatic carbocycles. The van der Waals surface area contributed by atoms with Crippen LogP contribution in [0, 0.1) is 0 Å². The van der Waals surface area contributed by atoms with Crippen LogP contribution >= 0.6 is 0 Å². The lowest BCUT2D eigenvalue weighted by molar-refractivity contribution is -0.153. The Labute approximate surface area is 91.0 Å². The number of alkyl halides is 3. The first-order valence-corrected chi connectivity index (χ1v) is 4.52. The van der Waals surface area contributed by atoms with Gasteiger partial charge in [0.25, 0.3) is 0 Å². The van der Waals surface area contributed by atoms with Crippen molar-refractivity contribution >= 4 is 0 Å². The number of nitrogens with two attached hydrogens (primary N) is 1. The third-order valence-electron chi connectivity index (χ3n) is 1.81. The number of halogens is 3. The van der Waals surface area contributed by atoms with Crippen LogP contribution in [0.4, 0.5) is 13.2 Å². The molecule has 0 radical (unpaired) electrons. The number of methoxy groups -OCH3 is 1. The van der Waals surface area contributed by atoms with Crippen molar-refractivity contribution in [1.29, 1.82) is 0 Å². The summed E-state index contributed by atoms with van der Waals surface area (Å²) in [5.41, 5.74) is 6.04. The van der Waals surface area contributed by atoms with Crippen LogP contribution in [-0.2, 0) is 6.54 Å². The van der Waals surface area contributed by atoms with E-state index in [4.69, 9.17) is 10.5 Å². The molecule has 0 aliphatic carbocycles. The second-order valence-electron chi connectivity index (χ2n) is 3.12. The minimum absolute atomic E-state index is 0.0946. The van der Waals surface area contributed by atoms with E-state index in [2.05, 4.69) is 4.74 Å². The number of hydrogen-bond donors (Lipinski definition) is 1. The Hall–Kier alpha value is -1.43. The van der Waals surface area contributed by atoms with Gasteiger partial charge >= 0.3 is 6.18 Å². The average molecular weight is 235 g/mol. The van der Waals surface area contributed by atoms with Crippen LogP contribution < -0.4 is 15.2 Å². The van der Waals surface area contributed by atoms with Crippen molar-refractivity contribution in [3.63, 3.8) is 0 Å². The average Bonchev–Trinajstić information content (AvgIpc) is 2.25. The van der Waals surface area contributed by atoms with Crippen LogP contribution in [0.3, 0.4) is 0 Å². The minimum Gasteiger partial charge on any atom is -0.497 e. The molecule has 0 amide bonds. The molecule has 0 bridgehead atoms. The van der Waals surface area contributed by atoms with Gasteiger partial charge in [-0.05, 0) is 17.7 Å². The van der Waals surface area contributed by atoms with E-state index in [0.29, 0.717) is 11.3 Å². The van der Waals surface area contributed by atoms with E-state index in [1.807, 2.05) is 0 Å². The number of ether oxygens (including phenoxy) is 2. The van der Waals surface area contributed by atoms with Gasteiger partial charge in [0.05, 0.1) is 7.11 Å². The van der Waals surface area contributed by atoms with Crippen LogP contribution in [0.2, 0.25) is 0 Å². The summed E-state index contributed by atoms with van der Waals surface area (Å²) < 4.78 is 45.3. The zero-order chi connectivity index (χ0) is 12.2. The number of hydrogen-bond acceptors (Lipinski definition) is 3. The molecule has 0 spiro atoms. The summed E-state index contributed by atoms with van der Waals surface area (Å²) in [7, 11) is 1.42. The molecule has 0 saturated carbocycles. The van der Waals surface area contributed by atoms with E-state index in [1.165, 1.54) is 19.2 Å². The van der Waals surface area contributed by atoms with Crippen molar-refractivity contribution in [1.82, 2.24) is 0 Å². The maximum atomic E-state index is 11.9. The van der Waals surface area contributed by atoms with Gasteiger partial charge in [-0.2, -0.15) is 13.2 Å². The largest absolute Gasteiger partial charge is 0.497 e. The van der Waals surface area contributed by atoms with E-state index in [1.54, 1.807) is 6.07 Å². The van der Waals surface area contributed by atoms with Crippen molar-refractivity contribution in [2.24, 2.45) is 5.73 Å². The highest BCUT2D eigenvalue weighted by molar-refractivity contribution is 5.38. The van der Waals surface area contributed by atoms with E-state index >= 15 is 0 Å². The molecular formula is C10H12F3NO2. The first-order valence-electron chi connectivity index (χ1n) is 4.52. The lowest BCUT2D eigenvalue weighted by Crippen LogP contribution is -2.19. The van der Waals surface area contributed by atoms with Crippen molar-refractivity contribution in [3.05, 3.63) is 23.8 Å². The molecule has 0 heterocycles. The Bertz CT molecular complexity index is 330. The van der Waals surface area contributed by atoms with Crippen molar-refractivity contribution in [2.75, 3.05) is 13.7 Å². The zero-order valence-corrected chi connectivity index (χ0v) is 8.67. The number of benzene rings is 1. The molecule has 0 aliphatic heterocycles. The van der Waals surface area contributed by atoms with E-state index in [-0.39, 0.29) is 12.3 Å².